The largest absolute Gasteiger partial charge is 0.469 e. The van der Waals surface area contributed by atoms with E-state index in [1.165, 1.54) is 7.11 Å². The summed E-state index contributed by atoms with van der Waals surface area (Å²) in [5, 5.41) is 0. The van der Waals surface area contributed by atoms with Gasteiger partial charge in [0, 0.05) is 12.2 Å². The van der Waals surface area contributed by atoms with Gasteiger partial charge in [0.05, 0.1) is 25.0 Å². The Kier molecular flexibility index (Phi) is 3.28. The van der Waals surface area contributed by atoms with Crippen molar-refractivity contribution in [2.75, 3.05) is 7.11 Å². The Bertz CT molecular complexity index is 331. The lowest BCUT2D eigenvalue weighted by molar-refractivity contribution is -0.145. The molecule has 1 aromatic rings. The highest BCUT2D eigenvalue weighted by Crippen LogP contribution is 2.08. The Hall–Kier alpha value is -1.32. The summed E-state index contributed by atoms with van der Waals surface area (Å²) in [7, 11) is 1.41. The molecule has 0 saturated heterocycles. The van der Waals surface area contributed by atoms with Gasteiger partial charge in [-0.2, -0.15) is 0 Å². The smallest absolute Gasteiger partial charge is 0.310 e. The third kappa shape index (κ3) is 2.13. The average Bonchev–Trinajstić information content (AvgIpc) is 2.48. The predicted octanol–water partition coefficient (Wildman–Crippen LogP) is 1.31. The second-order valence-electron chi connectivity index (χ2n) is 3.49. The Morgan fingerprint density at radius 3 is 2.71 bits per heavy atom. The number of hydrogen-bond acceptors (Lipinski definition) is 3. The first-order valence-electron chi connectivity index (χ1n) is 4.62. The number of rotatable bonds is 3. The number of nitrogens with zero attached hydrogens (tertiary/aromatic N) is 2. The Morgan fingerprint density at radius 1 is 1.64 bits per heavy atom. The summed E-state index contributed by atoms with van der Waals surface area (Å²) in [5.74, 6) is -0.317. The van der Waals surface area contributed by atoms with Crippen LogP contribution in [-0.4, -0.2) is 22.6 Å². The maximum atomic E-state index is 11.2. The number of carbonyl (C=O) groups is 1. The minimum atomic E-state index is -0.184. The maximum Gasteiger partial charge on any atom is 0.310 e. The number of aryl methyl sites for hydroxylation is 1. The van der Waals surface area contributed by atoms with Gasteiger partial charge in [-0.1, -0.05) is 6.92 Å². The molecule has 0 fully saturated rings. The summed E-state index contributed by atoms with van der Waals surface area (Å²) in [6, 6.07) is 0. The topological polar surface area (TPSA) is 44.1 Å². The third-order valence-corrected chi connectivity index (χ3v) is 2.42. The molecule has 0 N–H and O–H groups in total. The van der Waals surface area contributed by atoms with Gasteiger partial charge < -0.3 is 9.30 Å². The molecule has 0 radical (unpaired) electrons. The van der Waals surface area contributed by atoms with E-state index >= 15 is 0 Å². The molecule has 1 aromatic heterocycles. The Morgan fingerprint density at radius 2 is 2.29 bits per heavy atom. The lowest BCUT2D eigenvalue weighted by atomic mass is 10.2. The summed E-state index contributed by atoms with van der Waals surface area (Å²) < 4.78 is 6.63. The van der Waals surface area contributed by atoms with E-state index in [0.717, 1.165) is 11.4 Å². The fraction of sp³-hybridized carbons (Fsp3) is 0.600. The van der Waals surface area contributed by atoms with Gasteiger partial charge in [-0.3, -0.25) is 4.79 Å². The SMILES string of the molecule is COC(=O)C(C)Cn1cnc(C)c1C. The molecule has 1 unspecified atom stereocenters. The van der Waals surface area contributed by atoms with Crippen LogP contribution < -0.4 is 0 Å². The molecular weight excluding hydrogens is 180 g/mol. The van der Waals surface area contributed by atoms with Crippen LogP contribution in [0.5, 0.6) is 0 Å². The normalized spacial score (nSPS) is 12.6. The van der Waals surface area contributed by atoms with Crippen LogP contribution in [0.25, 0.3) is 0 Å². The summed E-state index contributed by atoms with van der Waals surface area (Å²) in [4.78, 5) is 15.3. The molecule has 0 aliphatic heterocycles. The van der Waals surface area contributed by atoms with Crippen LogP contribution in [0.2, 0.25) is 0 Å². The summed E-state index contributed by atoms with van der Waals surface area (Å²) in [6.07, 6.45) is 1.75. The molecule has 0 spiro atoms. The fourth-order valence-corrected chi connectivity index (χ4v) is 1.30. The van der Waals surface area contributed by atoms with Crippen LogP contribution in [0.4, 0.5) is 0 Å². The van der Waals surface area contributed by atoms with Gasteiger partial charge in [-0.05, 0) is 13.8 Å². The van der Waals surface area contributed by atoms with Crippen molar-refractivity contribution < 1.29 is 9.53 Å². The second-order valence-corrected chi connectivity index (χ2v) is 3.49. The van der Waals surface area contributed by atoms with Gasteiger partial charge in [-0.15, -0.1) is 0 Å². The van der Waals surface area contributed by atoms with Gasteiger partial charge >= 0.3 is 5.97 Å². The highest BCUT2D eigenvalue weighted by molar-refractivity contribution is 5.71. The highest BCUT2D eigenvalue weighted by atomic mass is 16.5. The molecule has 0 bridgehead atoms. The Balaban J connectivity index is 2.69. The quantitative estimate of drug-likeness (QED) is 0.685. The second kappa shape index (κ2) is 4.26. The number of aromatic nitrogens is 2. The molecule has 0 aromatic carbocycles. The van der Waals surface area contributed by atoms with E-state index in [-0.39, 0.29) is 11.9 Å². The summed E-state index contributed by atoms with van der Waals surface area (Å²) in [6.45, 7) is 6.42. The molecule has 4 nitrogen and oxygen atoms in total. The monoisotopic (exact) mass is 196 g/mol. The van der Waals surface area contributed by atoms with Gasteiger partial charge in [0.15, 0.2) is 0 Å². The summed E-state index contributed by atoms with van der Waals surface area (Å²) >= 11 is 0. The molecule has 1 rings (SSSR count). The molecular formula is C10H16N2O2. The van der Waals surface area contributed by atoms with E-state index in [9.17, 15) is 4.79 Å². The van der Waals surface area contributed by atoms with Crippen LogP contribution >= 0.6 is 0 Å². The standard InChI is InChI=1S/C10H16N2O2/c1-7(10(13)14-4)5-12-6-11-8(2)9(12)3/h6-7H,5H2,1-4H3. The number of ether oxygens (including phenoxy) is 1. The lowest BCUT2D eigenvalue weighted by Crippen LogP contribution is -2.19. The minimum absolute atomic E-state index is 0.132. The van der Waals surface area contributed by atoms with Crippen molar-refractivity contribution in [1.82, 2.24) is 9.55 Å². The zero-order chi connectivity index (χ0) is 10.7. The van der Waals surface area contributed by atoms with Crippen LogP contribution in [0.3, 0.4) is 0 Å². The first-order chi connectivity index (χ1) is 6.56. The lowest BCUT2D eigenvalue weighted by Gasteiger charge is -2.11. The van der Waals surface area contributed by atoms with Gasteiger partial charge in [0.2, 0.25) is 0 Å². The number of esters is 1. The van der Waals surface area contributed by atoms with Gasteiger partial charge in [0.25, 0.3) is 0 Å². The zero-order valence-electron chi connectivity index (χ0n) is 9.07. The van der Waals surface area contributed by atoms with Gasteiger partial charge in [-0.25, -0.2) is 4.98 Å². The molecule has 14 heavy (non-hydrogen) atoms. The van der Waals surface area contributed by atoms with Crippen LogP contribution in [0, 0.1) is 19.8 Å². The van der Waals surface area contributed by atoms with E-state index in [1.54, 1.807) is 6.33 Å². The van der Waals surface area contributed by atoms with E-state index in [0.29, 0.717) is 6.54 Å². The Labute approximate surface area is 83.9 Å². The van der Waals surface area contributed by atoms with Crippen molar-refractivity contribution in [3.63, 3.8) is 0 Å². The predicted molar refractivity (Wildman–Crippen MR) is 52.9 cm³/mol. The first-order valence-corrected chi connectivity index (χ1v) is 4.62. The van der Waals surface area contributed by atoms with E-state index in [4.69, 9.17) is 0 Å². The maximum absolute atomic E-state index is 11.2. The van der Waals surface area contributed by atoms with E-state index in [1.807, 2.05) is 25.3 Å². The molecule has 0 amide bonds. The molecule has 78 valence electrons. The minimum Gasteiger partial charge on any atom is -0.469 e. The number of hydrogen-bond donors (Lipinski definition) is 0. The highest BCUT2D eigenvalue weighted by Gasteiger charge is 2.14. The van der Waals surface area contributed by atoms with Crippen LogP contribution in [0.15, 0.2) is 6.33 Å². The van der Waals surface area contributed by atoms with Gasteiger partial charge in [0.1, 0.15) is 0 Å². The van der Waals surface area contributed by atoms with Crippen LogP contribution in [0.1, 0.15) is 18.3 Å². The molecule has 1 atom stereocenters. The molecule has 0 aliphatic rings. The molecule has 1 heterocycles. The van der Waals surface area contributed by atoms with Crippen molar-refractivity contribution in [1.29, 1.82) is 0 Å². The van der Waals surface area contributed by atoms with Crippen LogP contribution in [-0.2, 0) is 16.1 Å². The number of imidazole rings is 1. The average molecular weight is 196 g/mol. The number of methoxy groups -OCH3 is 1. The number of carbonyl (C=O) groups excluding carboxylic acids is 1. The van der Waals surface area contributed by atoms with E-state index < -0.39 is 0 Å². The molecule has 0 aliphatic carbocycles. The fourth-order valence-electron chi connectivity index (χ4n) is 1.30. The third-order valence-electron chi connectivity index (χ3n) is 2.42. The molecule has 0 saturated carbocycles. The first kappa shape index (κ1) is 10.8. The molecule has 4 heteroatoms. The van der Waals surface area contributed by atoms with Crippen molar-refractivity contribution >= 4 is 5.97 Å². The van der Waals surface area contributed by atoms with Crippen molar-refractivity contribution in [2.24, 2.45) is 5.92 Å². The van der Waals surface area contributed by atoms with Crippen molar-refractivity contribution in [3.05, 3.63) is 17.7 Å². The summed E-state index contributed by atoms with van der Waals surface area (Å²) in [5.41, 5.74) is 2.10. The van der Waals surface area contributed by atoms with Crippen molar-refractivity contribution in [3.8, 4) is 0 Å². The van der Waals surface area contributed by atoms with E-state index in [2.05, 4.69) is 9.72 Å². The zero-order valence-corrected chi connectivity index (χ0v) is 9.07. The van der Waals surface area contributed by atoms with Crippen molar-refractivity contribution in [2.45, 2.75) is 27.3 Å².